The second-order valence-corrected chi connectivity index (χ2v) is 9.43. The molecule has 0 radical (unpaired) electrons. The van der Waals surface area contributed by atoms with Crippen LogP contribution in [-0.4, -0.2) is 78.5 Å². The second-order valence-electron chi connectivity index (χ2n) is 9.43. The lowest BCUT2D eigenvalue weighted by atomic mass is 9.87. The Hall–Kier alpha value is -2.77. The number of carbonyl (C=O) groups excluding carboxylic acids is 2. The Kier molecular flexibility index (Phi) is 6.92. The quantitative estimate of drug-likeness (QED) is 0.696. The number of benzene rings is 2. The number of rotatable bonds is 4. The molecular formula is C27H32FN3O3. The number of ether oxygens (including phenoxy) is 1. The topological polar surface area (TPSA) is 53.1 Å². The summed E-state index contributed by atoms with van der Waals surface area (Å²) in [7, 11) is 0. The van der Waals surface area contributed by atoms with Crippen LogP contribution in [0.5, 0.6) is 0 Å². The summed E-state index contributed by atoms with van der Waals surface area (Å²) in [5.41, 5.74) is 3.13. The molecule has 2 aromatic rings. The van der Waals surface area contributed by atoms with Gasteiger partial charge in [0.05, 0.1) is 13.2 Å². The molecule has 34 heavy (non-hydrogen) atoms. The van der Waals surface area contributed by atoms with Gasteiger partial charge < -0.3 is 14.5 Å². The van der Waals surface area contributed by atoms with Gasteiger partial charge in [0.2, 0.25) is 5.91 Å². The number of carbonyl (C=O) groups is 2. The maximum Gasteiger partial charge on any atom is 0.253 e. The number of morpholine rings is 1. The highest BCUT2D eigenvalue weighted by Crippen LogP contribution is 2.36. The van der Waals surface area contributed by atoms with Gasteiger partial charge >= 0.3 is 0 Å². The van der Waals surface area contributed by atoms with Crippen LogP contribution < -0.4 is 0 Å². The van der Waals surface area contributed by atoms with Crippen LogP contribution in [0.4, 0.5) is 4.39 Å². The fourth-order valence-corrected chi connectivity index (χ4v) is 5.62. The maximum absolute atomic E-state index is 13.2. The van der Waals surface area contributed by atoms with Crippen LogP contribution in [-0.2, 0) is 16.0 Å². The van der Waals surface area contributed by atoms with Gasteiger partial charge in [0, 0.05) is 56.8 Å². The van der Waals surface area contributed by atoms with Crippen molar-refractivity contribution in [1.29, 1.82) is 0 Å². The average Bonchev–Trinajstić information content (AvgIpc) is 2.89. The van der Waals surface area contributed by atoms with Crippen LogP contribution in [0.25, 0.3) is 0 Å². The molecule has 0 aliphatic carbocycles. The normalized spacial score (nSPS) is 21.9. The first-order valence-electron chi connectivity index (χ1n) is 12.3. The number of nitrogens with zero attached hydrogens (tertiary/aromatic N) is 3. The monoisotopic (exact) mass is 465 g/mol. The maximum atomic E-state index is 13.2. The molecule has 2 amide bonds. The number of fused-ring (bicyclic) bond motifs is 1. The van der Waals surface area contributed by atoms with E-state index in [1.807, 2.05) is 9.80 Å². The Morgan fingerprint density at radius 1 is 0.882 bits per heavy atom. The minimum absolute atomic E-state index is 0.0403. The van der Waals surface area contributed by atoms with Gasteiger partial charge in [-0.2, -0.15) is 0 Å². The number of likely N-dealkylation sites (tertiary alicyclic amines) is 1. The number of hydrogen-bond donors (Lipinski definition) is 0. The fourth-order valence-electron chi connectivity index (χ4n) is 5.62. The van der Waals surface area contributed by atoms with Gasteiger partial charge in [-0.25, -0.2) is 4.39 Å². The molecule has 6 nitrogen and oxygen atoms in total. The zero-order chi connectivity index (χ0) is 23.5. The summed E-state index contributed by atoms with van der Waals surface area (Å²) in [4.78, 5) is 32.4. The lowest BCUT2D eigenvalue weighted by molar-refractivity contribution is -0.137. The van der Waals surface area contributed by atoms with Gasteiger partial charge in [-0.1, -0.05) is 24.3 Å². The smallest absolute Gasteiger partial charge is 0.253 e. The summed E-state index contributed by atoms with van der Waals surface area (Å²) in [5, 5.41) is 0. The summed E-state index contributed by atoms with van der Waals surface area (Å²) in [5.74, 6) is -0.182. The van der Waals surface area contributed by atoms with Crippen LogP contribution in [0.1, 0.15) is 46.8 Å². The van der Waals surface area contributed by atoms with E-state index in [0.29, 0.717) is 57.4 Å². The summed E-state index contributed by atoms with van der Waals surface area (Å²) in [6.45, 7) is 4.81. The van der Waals surface area contributed by atoms with Crippen molar-refractivity contribution in [3.05, 3.63) is 71.0 Å². The molecule has 0 spiro atoms. The highest BCUT2D eigenvalue weighted by molar-refractivity contribution is 5.94. The van der Waals surface area contributed by atoms with Crippen LogP contribution in [0.3, 0.4) is 0 Å². The minimum atomic E-state index is -0.335. The lowest BCUT2D eigenvalue weighted by Crippen LogP contribution is -2.51. The molecule has 2 aromatic carbocycles. The molecule has 0 saturated carbocycles. The van der Waals surface area contributed by atoms with E-state index < -0.39 is 0 Å². The van der Waals surface area contributed by atoms with Gasteiger partial charge in [-0.05, 0) is 54.7 Å². The van der Waals surface area contributed by atoms with Gasteiger partial charge in [0.25, 0.3) is 5.91 Å². The number of piperidine rings is 1. The number of hydrogen-bond acceptors (Lipinski definition) is 4. The van der Waals surface area contributed by atoms with Crippen molar-refractivity contribution in [3.8, 4) is 0 Å². The van der Waals surface area contributed by atoms with E-state index >= 15 is 0 Å². The Balaban J connectivity index is 1.28. The molecule has 7 heteroatoms. The van der Waals surface area contributed by atoms with E-state index in [0.717, 1.165) is 25.8 Å². The largest absolute Gasteiger partial charge is 0.378 e. The number of halogens is 1. The molecule has 0 N–H and O–H groups in total. The van der Waals surface area contributed by atoms with E-state index in [1.54, 1.807) is 12.1 Å². The highest BCUT2D eigenvalue weighted by atomic mass is 19.1. The van der Waals surface area contributed by atoms with Gasteiger partial charge in [0.15, 0.2) is 0 Å². The third-order valence-electron chi connectivity index (χ3n) is 7.50. The Bertz CT molecular complexity index is 1010. The Morgan fingerprint density at radius 2 is 1.59 bits per heavy atom. The van der Waals surface area contributed by atoms with Crippen LogP contribution in [0, 0.1) is 5.82 Å². The molecule has 1 unspecified atom stereocenters. The predicted molar refractivity (Wildman–Crippen MR) is 127 cm³/mol. The molecule has 180 valence electrons. The van der Waals surface area contributed by atoms with Crippen molar-refractivity contribution in [1.82, 2.24) is 14.7 Å². The number of amides is 2. The molecule has 2 saturated heterocycles. The molecule has 0 aromatic heterocycles. The van der Waals surface area contributed by atoms with Gasteiger partial charge in [-0.3, -0.25) is 14.5 Å². The molecule has 3 aliphatic rings. The molecule has 3 heterocycles. The SMILES string of the molecule is O=C(CC1c2ccccc2CCN1C1CCN(C(=O)c2ccc(F)cc2)CC1)N1CCOCC1. The van der Waals surface area contributed by atoms with Crippen molar-refractivity contribution in [3.63, 3.8) is 0 Å². The van der Waals surface area contributed by atoms with Crippen molar-refractivity contribution >= 4 is 11.8 Å². The van der Waals surface area contributed by atoms with Crippen molar-refractivity contribution in [2.75, 3.05) is 45.9 Å². The zero-order valence-electron chi connectivity index (χ0n) is 19.5. The van der Waals surface area contributed by atoms with Crippen molar-refractivity contribution < 1.29 is 18.7 Å². The predicted octanol–water partition coefficient (Wildman–Crippen LogP) is 3.28. The van der Waals surface area contributed by atoms with Crippen LogP contribution in [0.15, 0.2) is 48.5 Å². The van der Waals surface area contributed by atoms with Crippen LogP contribution in [0.2, 0.25) is 0 Å². The van der Waals surface area contributed by atoms with Crippen LogP contribution >= 0.6 is 0 Å². The molecule has 0 bridgehead atoms. The van der Waals surface area contributed by atoms with Crippen molar-refractivity contribution in [2.24, 2.45) is 0 Å². The molecule has 3 aliphatic heterocycles. The van der Waals surface area contributed by atoms with Gasteiger partial charge in [-0.15, -0.1) is 0 Å². The summed E-state index contributed by atoms with van der Waals surface area (Å²) >= 11 is 0. The summed E-state index contributed by atoms with van der Waals surface area (Å²) in [6, 6.07) is 14.7. The molecular weight excluding hydrogens is 433 g/mol. The summed E-state index contributed by atoms with van der Waals surface area (Å²) in [6.07, 6.45) is 3.20. The Labute approximate surface area is 200 Å². The van der Waals surface area contributed by atoms with E-state index in [2.05, 4.69) is 29.2 Å². The highest BCUT2D eigenvalue weighted by Gasteiger charge is 2.36. The van der Waals surface area contributed by atoms with Crippen molar-refractivity contribution in [2.45, 2.75) is 37.8 Å². The van der Waals surface area contributed by atoms with E-state index in [4.69, 9.17) is 4.74 Å². The molecule has 2 fully saturated rings. The summed E-state index contributed by atoms with van der Waals surface area (Å²) < 4.78 is 18.7. The average molecular weight is 466 g/mol. The van der Waals surface area contributed by atoms with Gasteiger partial charge in [0.1, 0.15) is 5.82 Å². The standard InChI is InChI=1S/C27H32FN3O3/c28-22-7-5-21(6-8-22)27(33)30-12-10-23(11-13-30)31-14-9-20-3-1-2-4-24(20)25(31)19-26(32)29-15-17-34-18-16-29/h1-8,23,25H,9-19H2. The molecule has 5 rings (SSSR count). The first kappa shape index (κ1) is 23.0. The van der Waals surface area contributed by atoms with E-state index in [-0.39, 0.29) is 23.7 Å². The molecule has 1 atom stereocenters. The van der Waals surface area contributed by atoms with E-state index in [1.165, 1.54) is 23.3 Å². The minimum Gasteiger partial charge on any atom is -0.378 e. The first-order chi connectivity index (χ1) is 16.6. The second kappa shape index (κ2) is 10.2. The van der Waals surface area contributed by atoms with E-state index in [9.17, 15) is 14.0 Å². The fraction of sp³-hybridized carbons (Fsp3) is 0.481. The third kappa shape index (κ3) is 4.86. The zero-order valence-corrected chi connectivity index (χ0v) is 19.5. The lowest BCUT2D eigenvalue weighted by Gasteiger charge is -2.45. The first-order valence-corrected chi connectivity index (χ1v) is 12.3. The Morgan fingerprint density at radius 3 is 2.32 bits per heavy atom. The third-order valence-corrected chi connectivity index (χ3v) is 7.50.